The molecule has 0 rings (SSSR count). The number of rotatable bonds is 3. The van der Waals surface area contributed by atoms with Crippen LogP contribution in [0.1, 0.15) is 26.7 Å². The van der Waals surface area contributed by atoms with Crippen LogP contribution in [0.4, 0.5) is 0 Å². The summed E-state index contributed by atoms with van der Waals surface area (Å²) in [6.45, 7) is 4.07. The van der Waals surface area contributed by atoms with Gasteiger partial charge in [-0.05, 0) is 0 Å². The largest absolute Gasteiger partial charge is 0.279 e. The molecule has 0 aliphatic heterocycles. The quantitative estimate of drug-likeness (QED) is 0.449. The van der Waals surface area contributed by atoms with E-state index in [1.54, 1.807) is 0 Å². The van der Waals surface area contributed by atoms with Gasteiger partial charge in [-0.1, -0.05) is 19.8 Å². The zero-order chi connectivity index (χ0) is 6.24. The monoisotopic (exact) mass is 168 g/mol. The Balaban J connectivity index is 0. The van der Waals surface area contributed by atoms with Crippen LogP contribution in [-0.4, -0.2) is 0 Å². The van der Waals surface area contributed by atoms with Gasteiger partial charge in [0.15, 0.2) is 0 Å². The molecule has 0 spiro atoms. The summed E-state index contributed by atoms with van der Waals surface area (Å²) in [6.07, 6.45) is 11.4. The zero-order valence-electron chi connectivity index (χ0n) is 5.98. The molecule has 0 heterocycles. The zero-order valence-corrected chi connectivity index (χ0v) is 7.02. The molecular weight excluding hydrogens is 155 g/mol. The maximum absolute atomic E-state index is 2.91. The molecule has 0 fully saturated rings. The molecular formula is C8H13Co-. The minimum Gasteiger partial charge on any atom is -0.279 e. The normalized spacial score (nSPS) is 10.4. The number of hydrogen-bond donors (Lipinski definition) is 0. The molecule has 0 saturated heterocycles. The van der Waals surface area contributed by atoms with Crippen molar-refractivity contribution in [3.8, 4) is 0 Å². The van der Waals surface area contributed by atoms with E-state index < -0.39 is 0 Å². The van der Waals surface area contributed by atoms with Crippen molar-refractivity contribution in [3.63, 3.8) is 0 Å². The molecule has 0 aromatic rings. The molecule has 0 N–H and O–H groups in total. The molecule has 0 aromatic heterocycles. The van der Waals surface area contributed by atoms with E-state index in [0.717, 1.165) is 0 Å². The second-order valence-electron chi connectivity index (χ2n) is 1.67. The maximum atomic E-state index is 2.91. The van der Waals surface area contributed by atoms with Gasteiger partial charge in [0.1, 0.15) is 0 Å². The van der Waals surface area contributed by atoms with Gasteiger partial charge in [0.05, 0.1) is 0 Å². The summed E-state index contributed by atoms with van der Waals surface area (Å²) in [5, 5.41) is 0. The Morgan fingerprint density at radius 1 is 1.44 bits per heavy atom. The van der Waals surface area contributed by atoms with Gasteiger partial charge in [-0.15, -0.1) is 6.92 Å². The van der Waals surface area contributed by atoms with E-state index in [2.05, 4.69) is 19.1 Å². The predicted octanol–water partition coefficient (Wildman–Crippen LogP) is 2.72. The summed E-state index contributed by atoms with van der Waals surface area (Å²) in [5.41, 5.74) is 0. The standard InChI is InChI=1S/C8H13.Co/c1-3-5-7-8-6-4-2;/h6-8H,3,5H2,1-2H3;/q-1;. The summed E-state index contributed by atoms with van der Waals surface area (Å²) >= 11 is 0. The Morgan fingerprint density at radius 2 is 2.11 bits per heavy atom. The van der Waals surface area contributed by atoms with E-state index >= 15 is 0 Å². The molecule has 0 bridgehead atoms. The van der Waals surface area contributed by atoms with Gasteiger partial charge in [0.2, 0.25) is 0 Å². The fourth-order valence-corrected chi connectivity index (χ4v) is 0.427. The molecule has 0 nitrogen and oxygen atoms in total. The molecule has 0 aliphatic carbocycles. The Kier molecular flexibility index (Phi) is 14.2. The summed E-state index contributed by atoms with van der Waals surface area (Å²) in [7, 11) is 0. The van der Waals surface area contributed by atoms with Gasteiger partial charge in [0, 0.05) is 16.8 Å². The Morgan fingerprint density at radius 3 is 2.56 bits per heavy atom. The minimum atomic E-state index is 0. The van der Waals surface area contributed by atoms with Gasteiger partial charge in [-0.3, -0.25) is 6.08 Å². The van der Waals surface area contributed by atoms with E-state index in [0.29, 0.717) is 0 Å². The van der Waals surface area contributed by atoms with Crippen LogP contribution >= 0.6 is 0 Å². The molecule has 1 radical (unpaired) electrons. The summed E-state index contributed by atoms with van der Waals surface area (Å²) < 4.78 is 0. The first-order chi connectivity index (χ1) is 3.91. The average molecular weight is 168 g/mol. The van der Waals surface area contributed by atoms with Crippen molar-refractivity contribution in [2.75, 3.05) is 0 Å². The SMILES string of the molecule is C[C-]=CC=CCCC.[Co]. The van der Waals surface area contributed by atoms with Crippen molar-refractivity contribution in [1.82, 2.24) is 0 Å². The molecule has 1 heteroatoms. The Hall–Kier alpha value is -0.0135. The van der Waals surface area contributed by atoms with Crippen molar-refractivity contribution in [3.05, 3.63) is 24.3 Å². The van der Waals surface area contributed by atoms with Gasteiger partial charge in [-0.2, -0.15) is 6.08 Å². The van der Waals surface area contributed by atoms with Crippen molar-refractivity contribution < 1.29 is 16.8 Å². The number of hydrogen-bond acceptors (Lipinski definition) is 0. The summed E-state index contributed by atoms with van der Waals surface area (Å²) in [6, 6.07) is 0. The summed E-state index contributed by atoms with van der Waals surface area (Å²) in [4.78, 5) is 0. The first-order valence-corrected chi connectivity index (χ1v) is 3.07. The van der Waals surface area contributed by atoms with E-state index in [-0.39, 0.29) is 16.8 Å². The molecule has 0 amide bonds. The second-order valence-corrected chi connectivity index (χ2v) is 1.67. The molecule has 0 saturated carbocycles. The smallest absolute Gasteiger partial charge is 0 e. The van der Waals surface area contributed by atoms with Crippen LogP contribution in [0.15, 0.2) is 18.2 Å². The predicted molar refractivity (Wildman–Crippen MR) is 37.5 cm³/mol. The Bertz CT molecular complexity index is 82.6. The molecule has 0 aliphatic rings. The average Bonchev–Trinajstić information content (AvgIpc) is 1.81. The minimum absolute atomic E-state index is 0. The second kappa shape index (κ2) is 10.9. The van der Waals surface area contributed by atoms with Gasteiger partial charge < -0.3 is 0 Å². The van der Waals surface area contributed by atoms with E-state index in [1.165, 1.54) is 12.8 Å². The fourth-order valence-electron chi connectivity index (χ4n) is 0.427. The van der Waals surface area contributed by atoms with Crippen molar-refractivity contribution >= 4 is 0 Å². The topological polar surface area (TPSA) is 0 Å². The third-order valence-corrected chi connectivity index (χ3v) is 0.854. The van der Waals surface area contributed by atoms with Crippen LogP contribution in [0.3, 0.4) is 0 Å². The molecule has 0 aromatic carbocycles. The molecule has 9 heavy (non-hydrogen) atoms. The van der Waals surface area contributed by atoms with Crippen LogP contribution in [-0.2, 0) is 16.8 Å². The van der Waals surface area contributed by atoms with E-state index in [1.807, 2.05) is 19.1 Å². The fraction of sp³-hybridized carbons (Fsp3) is 0.500. The first kappa shape index (κ1) is 11.7. The van der Waals surface area contributed by atoms with Crippen LogP contribution < -0.4 is 0 Å². The van der Waals surface area contributed by atoms with Crippen molar-refractivity contribution in [2.24, 2.45) is 0 Å². The number of allylic oxidation sites excluding steroid dienone is 4. The van der Waals surface area contributed by atoms with Crippen LogP contribution in [0.2, 0.25) is 0 Å². The summed E-state index contributed by atoms with van der Waals surface area (Å²) in [5.74, 6) is 0. The maximum Gasteiger partial charge on any atom is 0 e. The first-order valence-electron chi connectivity index (χ1n) is 3.07. The molecule has 0 unspecified atom stereocenters. The van der Waals surface area contributed by atoms with Gasteiger partial charge in [-0.25, -0.2) is 12.2 Å². The number of unbranched alkanes of at least 4 members (excludes halogenated alkanes) is 1. The van der Waals surface area contributed by atoms with Crippen LogP contribution in [0, 0.1) is 6.08 Å². The van der Waals surface area contributed by atoms with Crippen LogP contribution in [0.25, 0.3) is 0 Å². The van der Waals surface area contributed by atoms with Crippen LogP contribution in [0.5, 0.6) is 0 Å². The van der Waals surface area contributed by atoms with Gasteiger partial charge in [0.25, 0.3) is 0 Å². The van der Waals surface area contributed by atoms with E-state index in [9.17, 15) is 0 Å². The third-order valence-electron chi connectivity index (χ3n) is 0.854. The van der Waals surface area contributed by atoms with E-state index in [4.69, 9.17) is 0 Å². The van der Waals surface area contributed by atoms with Gasteiger partial charge >= 0.3 is 0 Å². The Labute approximate surface area is 68.2 Å². The molecule has 0 atom stereocenters. The van der Waals surface area contributed by atoms with Crippen molar-refractivity contribution in [1.29, 1.82) is 0 Å². The molecule has 55 valence electrons. The van der Waals surface area contributed by atoms with Crippen molar-refractivity contribution in [2.45, 2.75) is 26.7 Å². The third kappa shape index (κ3) is 11.5.